The maximum Gasteiger partial charge on any atom is 0.312 e. The number of rotatable bonds is 6. The Hall–Kier alpha value is -3.69. The third-order valence-electron chi connectivity index (χ3n) is 5.59. The van der Waals surface area contributed by atoms with E-state index in [1.54, 1.807) is 44.2 Å². The molecule has 0 bridgehead atoms. The number of fused-ring (bicyclic) bond motifs is 2. The van der Waals surface area contributed by atoms with E-state index >= 15 is 0 Å². The molecule has 9 nitrogen and oxygen atoms in total. The number of hydrogen-bond acceptors (Lipinski definition) is 8. The molecule has 0 amide bonds. The molecule has 0 radical (unpaired) electrons. The summed E-state index contributed by atoms with van der Waals surface area (Å²) in [5, 5.41) is 30.8. The summed E-state index contributed by atoms with van der Waals surface area (Å²) in [6.07, 6.45) is 5.01. The molecule has 9 heteroatoms. The predicted molar refractivity (Wildman–Crippen MR) is 119 cm³/mol. The van der Waals surface area contributed by atoms with E-state index in [4.69, 9.17) is 14.2 Å². The van der Waals surface area contributed by atoms with Crippen LogP contribution >= 0.6 is 0 Å². The number of benzene rings is 2. The second-order valence-electron chi connectivity index (χ2n) is 8.28. The first-order valence-electron chi connectivity index (χ1n) is 10.2. The summed E-state index contributed by atoms with van der Waals surface area (Å²) in [5.74, 6) is 0.197. The monoisotopic (exact) mass is 453 g/mol. The number of aliphatic hydroxyl groups is 2. The average Bonchev–Trinajstić information content (AvgIpc) is 2.80. The molecule has 0 aliphatic carbocycles. The minimum absolute atomic E-state index is 0.0172. The standard InChI is InChI=1S/C24H23NO8/c1-24(2)5-4-17-22(31-3)18(9-19(25(29)30)23(17)33-24)21(28)16-7-13-6-14(10-26)15(11-27)8-20(13)32-12-16/h4-9,26-27H,10-12H2,1-3H3. The van der Waals surface area contributed by atoms with Crippen LogP contribution in [0.5, 0.6) is 17.2 Å². The minimum atomic E-state index is -0.754. The Morgan fingerprint density at radius 2 is 1.91 bits per heavy atom. The van der Waals surface area contributed by atoms with Crippen molar-refractivity contribution in [1.82, 2.24) is 0 Å². The molecule has 2 heterocycles. The fourth-order valence-corrected chi connectivity index (χ4v) is 3.92. The van der Waals surface area contributed by atoms with Gasteiger partial charge < -0.3 is 24.4 Å². The largest absolute Gasteiger partial charge is 0.495 e. The molecule has 0 unspecified atom stereocenters. The molecule has 33 heavy (non-hydrogen) atoms. The van der Waals surface area contributed by atoms with Gasteiger partial charge in [0.05, 0.1) is 36.4 Å². The van der Waals surface area contributed by atoms with Gasteiger partial charge in [0.15, 0.2) is 5.78 Å². The molecule has 2 aromatic rings. The number of ether oxygens (including phenoxy) is 3. The first-order valence-corrected chi connectivity index (χ1v) is 10.2. The molecule has 172 valence electrons. The van der Waals surface area contributed by atoms with Crippen LogP contribution in [-0.4, -0.2) is 40.2 Å². The number of nitro groups is 1. The van der Waals surface area contributed by atoms with Gasteiger partial charge in [0.1, 0.15) is 23.7 Å². The number of hydrogen-bond donors (Lipinski definition) is 2. The van der Waals surface area contributed by atoms with Crippen molar-refractivity contribution < 1.29 is 34.1 Å². The Bertz CT molecular complexity index is 1230. The Labute approximate surface area is 189 Å². The zero-order valence-electron chi connectivity index (χ0n) is 18.4. The highest BCUT2D eigenvalue weighted by atomic mass is 16.6. The van der Waals surface area contributed by atoms with E-state index < -0.39 is 16.3 Å². The Morgan fingerprint density at radius 3 is 2.55 bits per heavy atom. The molecule has 2 N–H and O–H groups in total. The van der Waals surface area contributed by atoms with E-state index in [2.05, 4.69) is 0 Å². The highest BCUT2D eigenvalue weighted by molar-refractivity contribution is 6.14. The molecule has 0 saturated heterocycles. The summed E-state index contributed by atoms with van der Waals surface area (Å²) >= 11 is 0. The van der Waals surface area contributed by atoms with Crippen molar-refractivity contribution in [3.8, 4) is 17.2 Å². The first-order chi connectivity index (χ1) is 15.7. The van der Waals surface area contributed by atoms with E-state index in [0.717, 1.165) is 0 Å². The van der Waals surface area contributed by atoms with Crippen LogP contribution in [0.2, 0.25) is 0 Å². The summed E-state index contributed by atoms with van der Waals surface area (Å²) in [7, 11) is 1.39. The number of carbonyl (C=O) groups excluding carboxylic acids is 1. The molecule has 0 atom stereocenters. The normalized spacial score (nSPS) is 15.5. The molecular formula is C24H23NO8. The van der Waals surface area contributed by atoms with Gasteiger partial charge in [0.25, 0.3) is 0 Å². The van der Waals surface area contributed by atoms with Gasteiger partial charge in [0.2, 0.25) is 5.75 Å². The summed E-state index contributed by atoms with van der Waals surface area (Å²) in [4.78, 5) is 24.7. The lowest BCUT2D eigenvalue weighted by molar-refractivity contribution is -0.386. The van der Waals surface area contributed by atoms with E-state index in [0.29, 0.717) is 28.0 Å². The van der Waals surface area contributed by atoms with Crippen LogP contribution in [0.25, 0.3) is 12.2 Å². The molecule has 2 aromatic carbocycles. The van der Waals surface area contributed by atoms with Crippen LogP contribution in [0.3, 0.4) is 0 Å². The van der Waals surface area contributed by atoms with Gasteiger partial charge in [-0.05, 0) is 55.3 Å². The third kappa shape index (κ3) is 3.96. The molecule has 0 spiro atoms. The Morgan fingerprint density at radius 1 is 1.21 bits per heavy atom. The van der Waals surface area contributed by atoms with Gasteiger partial charge in [-0.15, -0.1) is 0 Å². The fourth-order valence-electron chi connectivity index (χ4n) is 3.92. The van der Waals surface area contributed by atoms with Crippen molar-refractivity contribution in [2.24, 2.45) is 0 Å². The number of carbonyl (C=O) groups is 1. The summed E-state index contributed by atoms with van der Waals surface area (Å²) in [6, 6.07) is 4.42. The summed E-state index contributed by atoms with van der Waals surface area (Å²) in [5.41, 5.74) is 1.11. The van der Waals surface area contributed by atoms with Crippen molar-refractivity contribution >= 4 is 23.6 Å². The van der Waals surface area contributed by atoms with Crippen LogP contribution in [0, 0.1) is 10.1 Å². The minimum Gasteiger partial charge on any atom is -0.495 e. The van der Waals surface area contributed by atoms with E-state index in [1.807, 2.05) is 0 Å². The lowest BCUT2D eigenvalue weighted by Crippen LogP contribution is -2.28. The van der Waals surface area contributed by atoms with Gasteiger partial charge in [-0.1, -0.05) is 0 Å². The van der Waals surface area contributed by atoms with Crippen molar-refractivity contribution in [3.05, 3.63) is 67.8 Å². The van der Waals surface area contributed by atoms with Crippen LogP contribution in [0.1, 0.15) is 46.5 Å². The number of nitro benzene ring substituents is 1. The van der Waals surface area contributed by atoms with E-state index in [-0.39, 0.29) is 48.1 Å². The summed E-state index contributed by atoms with van der Waals surface area (Å²) in [6.45, 7) is 2.93. The van der Waals surface area contributed by atoms with Crippen LogP contribution in [-0.2, 0) is 13.2 Å². The van der Waals surface area contributed by atoms with Crippen molar-refractivity contribution in [3.63, 3.8) is 0 Å². The lowest BCUT2D eigenvalue weighted by atomic mass is 9.93. The average molecular weight is 453 g/mol. The van der Waals surface area contributed by atoms with Crippen molar-refractivity contribution in [2.45, 2.75) is 32.7 Å². The van der Waals surface area contributed by atoms with Gasteiger partial charge in [0, 0.05) is 17.2 Å². The highest BCUT2D eigenvalue weighted by Crippen LogP contribution is 2.46. The van der Waals surface area contributed by atoms with Gasteiger partial charge >= 0.3 is 5.69 Å². The molecule has 0 fully saturated rings. The SMILES string of the molecule is COc1c(C(=O)C2=Cc3cc(CO)c(CO)cc3OC2)cc([N+](=O)[O-])c2c1C=CC(C)(C)O2. The number of aliphatic hydroxyl groups excluding tert-OH is 2. The second-order valence-corrected chi connectivity index (χ2v) is 8.28. The molecule has 2 aliphatic rings. The number of methoxy groups -OCH3 is 1. The third-order valence-corrected chi connectivity index (χ3v) is 5.59. The van der Waals surface area contributed by atoms with Gasteiger partial charge in [-0.25, -0.2) is 0 Å². The Kier molecular flexibility index (Phi) is 5.69. The number of ketones is 1. The van der Waals surface area contributed by atoms with Crippen LogP contribution in [0.4, 0.5) is 5.69 Å². The lowest BCUT2D eigenvalue weighted by Gasteiger charge is -2.29. The first kappa shape index (κ1) is 22.5. The van der Waals surface area contributed by atoms with Crippen LogP contribution < -0.4 is 14.2 Å². The fraction of sp³-hybridized carbons (Fsp3) is 0.292. The quantitative estimate of drug-likeness (QED) is 0.387. The van der Waals surface area contributed by atoms with Gasteiger partial charge in [-0.2, -0.15) is 0 Å². The van der Waals surface area contributed by atoms with Gasteiger partial charge in [-0.3, -0.25) is 14.9 Å². The molecule has 2 aliphatic heterocycles. The van der Waals surface area contributed by atoms with Crippen molar-refractivity contribution in [1.29, 1.82) is 0 Å². The van der Waals surface area contributed by atoms with E-state index in [1.165, 1.54) is 13.2 Å². The van der Waals surface area contributed by atoms with Crippen molar-refractivity contribution in [2.75, 3.05) is 13.7 Å². The van der Waals surface area contributed by atoms with Crippen LogP contribution in [0.15, 0.2) is 29.8 Å². The molecule has 0 saturated carbocycles. The molecular weight excluding hydrogens is 430 g/mol. The Balaban J connectivity index is 1.83. The zero-order valence-corrected chi connectivity index (χ0v) is 18.4. The van der Waals surface area contributed by atoms with E-state index in [9.17, 15) is 25.1 Å². The highest BCUT2D eigenvalue weighted by Gasteiger charge is 2.35. The summed E-state index contributed by atoms with van der Waals surface area (Å²) < 4.78 is 17.0. The second kappa shape index (κ2) is 8.34. The smallest absolute Gasteiger partial charge is 0.312 e. The maximum atomic E-state index is 13.4. The number of Topliss-reactive ketones (excluding diaryl/α,β-unsaturated/α-hetero) is 1. The topological polar surface area (TPSA) is 128 Å². The predicted octanol–water partition coefficient (Wildman–Crippen LogP) is 3.43. The maximum absolute atomic E-state index is 13.4. The zero-order chi connectivity index (χ0) is 23.9. The molecule has 0 aromatic heterocycles. The number of nitrogens with zero attached hydrogens (tertiary/aromatic N) is 1. The molecule has 4 rings (SSSR count).